The van der Waals surface area contributed by atoms with Crippen molar-refractivity contribution < 1.29 is 18.6 Å². The summed E-state index contributed by atoms with van der Waals surface area (Å²) in [5, 5.41) is 21.2. The fourth-order valence-electron chi connectivity index (χ4n) is 3.88. The number of fused-ring (bicyclic) bond motifs is 1. The van der Waals surface area contributed by atoms with Crippen molar-refractivity contribution in [3.8, 4) is 5.75 Å². The maximum atomic E-state index is 13.1. The molecule has 1 heterocycles. The number of piperidine rings is 1. The molecule has 3 aromatic carbocycles. The molecule has 4 rings (SSSR count). The van der Waals surface area contributed by atoms with Gasteiger partial charge in [-0.1, -0.05) is 30.8 Å². The summed E-state index contributed by atoms with van der Waals surface area (Å²) in [6, 6.07) is 15.6. The van der Waals surface area contributed by atoms with E-state index in [9.17, 15) is 18.6 Å². The predicted octanol–water partition coefficient (Wildman–Crippen LogP) is 5.50. The number of rotatable bonds is 7. The minimum atomic E-state index is -3.84. The van der Waals surface area contributed by atoms with Crippen LogP contribution < -0.4 is 9.62 Å². The van der Waals surface area contributed by atoms with Gasteiger partial charge in [0.25, 0.3) is 10.0 Å². The van der Waals surface area contributed by atoms with E-state index in [-0.39, 0.29) is 22.2 Å². The molecule has 6 nitrogen and oxygen atoms in total. The molecule has 0 radical (unpaired) electrons. The number of sulfonamides is 1. The molecule has 0 unspecified atom stereocenters. The highest BCUT2D eigenvalue weighted by atomic mass is 32.2. The summed E-state index contributed by atoms with van der Waals surface area (Å²) in [5.74, 6) is 0.204. The van der Waals surface area contributed by atoms with Gasteiger partial charge in [0.1, 0.15) is 5.75 Å². The van der Waals surface area contributed by atoms with E-state index in [1.165, 1.54) is 18.2 Å². The van der Waals surface area contributed by atoms with E-state index in [1.807, 2.05) is 12.1 Å². The van der Waals surface area contributed by atoms with Gasteiger partial charge in [-0.25, -0.2) is 8.42 Å². The van der Waals surface area contributed by atoms with Crippen LogP contribution in [0.25, 0.3) is 10.8 Å². The number of nitrogens with zero attached hydrogens (tertiary/aromatic N) is 1. The number of phenolic OH excluding ortho intramolecular Hbond substituents is 1. The summed E-state index contributed by atoms with van der Waals surface area (Å²) in [4.78, 5) is 2.91. The Labute approximate surface area is 192 Å². The van der Waals surface area contributed by atoms with Gasteiger partial charge in [0, 0.05) is 29.5 Å². The Bertz CT molecular complexity index is 1230. The monoisotopic (exact) mass is 470 g/mol. The molecular weight excluding hydrogens is 444 g/mol. The second-order valence-electron chi connectivity index (χ2n) is 7.82. The van der Waals surface area contributed by atoms with Gasteiger partial charge in [-0.3, -0.25) is 4.72 Å². The smallest absolute Gasteiger partial charge is 0.261 e. The third-order valence-corrected chi connectivity index (χ3v) is 7.97. The molecule has 3 N–H and O–H groups in total. The summed E-state index contributed by atoms with van der Waals surface area (Å²) in [6.07, 6.45) is 3.54. The van der Waals surface area contributed by atoms with Crippen molar-refractivity contribution in [3.05, 3.63) is 66.9 Å². The maximum Gasteiger partial charge on any atom is 0.261 e. The first-order chi connectivity index (χ1) is 15.3. The molecule has 0 atom stereocenters. The van der Waals surface area contributed by atoms with E-state index < -0.39 is 10.0 Å². The second-order valence-corrected chi connectivity index (χ2v) is 10.5. The van der Waals surface area contributed by atoms with Crippen molar-refractivity contribution in [2.24, 2.45) is 0 Å². The molecule has 1 saturated heterocycles. The van der Waals surface area contributed by atoms with E-state index in [1.54, 1.807) is 42.5 Å². The number of hydrogen-bond acceptors (Lipinski definition) is 6. The first kappa shape index (κ1) is 22.4. The Hall–Kier alpha value is -2.84. The molecular formula is C24H26N2O4S2. The predicted molar refractivity (Wildman–Crippen MR) is 131 cm³/mol. The number of nitrogens with one attached hydrogen (secondary N) is 1. The van der Waals surface area contributed by atoms with Crippen LogP contribution in [0.2, 0.25) is 0 Å². The largest absolute Gasteiger partial charge is 0.512 e. The summed E-state index contributed by atoms with van der Waals surface area (Å²) >= 11 is 1.18. The van der Waals surface area contributed by atoms with Crippen LogP contribution in [0.1, 0.15) is 19.3 Å². The fourth-order valence-corrected chi connectivity index (χ4v) is 5.72. The molecule has 8 heteroatoms. The lowest BCUT2D eigenvalue weighted by Gasteiger charge is -2.28. The summed E-state index contributed by atoms with van der Waals surface area (Å²) in [5.41, 5.74) is 1.39. The highest BCUT2D eigenvalue weighted by molar-refractivity contribution is 7.99. The molecule has 1 fully saturated rings. The number of phenols is 1. The van der Waals surface area contributed by atoms with Crippen molar-refractivity contribution in [1.29, 1.82) is 0 Å². The van der Waals surface area contributed by atoms with Crippen molar-refractivity contribution in [2.75, 3.05) is 28.5 Å². The Morgan fingerprint density at radius 3 is 2.34 bits per heavy atom. The summed E-state index contributed by atoms with van der Waals surface area (Å²) < 4.78 is 29.0. The first-order valence-corrected chi connectivity index (χ1v) is 12.9. The van der Waals surface area contributed by atoms with Crippen LogP contribution in [0.4, 0.5) is 11.4 Å². The minimum absolute atomic E-state index is 0.0292. The van der Waals surface area contributed by atoms with Gasteiger partial charge in [0.2, 0.25) is 0 Å². The van der Waals surface area contributed by atoms with Gasteiger partial charge in [0.15, 0.2) is 0 Å². The van der Waals surface area contributed by atoms with Gasteiger partial charge in [-0.2, -0.15) is 0 Å². The molecule has 0 aliphatic carbocycles. The topological polar surface area (TPSA) is 89.9 Å². The van der Waals surface area contributed by atoms with E-state index in [2.05, 4.69) is 16.2 Å². The van der Waals surface area contributed by atoms with Crippen molar-refractivity contribution in [1.82, 2.24) is 0 Å². The lowest BCUT2D eigenvalue weighted by Crippen LogP contribution is -2.29. The first-order valence-electron chi connectivity index (χ1n) is 10.5. The van der Waals surface area contributed by atoms with Crippen LogP contribution in [0, 0.1) is 0 Å². The molecule has 1 aliphatic heterocycles. The number of aliphatic hydroxyl groups is 1. The van der Waals surface area contributed by atoms with Gasteiger partial charge in [0.05, 0.1) is 27.0 Å². The van der Waals surface area contributed by atoms with Crippen LogP contribution in [-0.4, -0.2) is 37.5 Å². The normalized spacial score (nSPS) is 14.4. The Balaban J connectivity index is 1.65. The van der Waals surface area contributed by atoms with Crippen molar-refractivity contribution in [3.63, 3.8) is 0 Å². The number of aromatic hydroxyl groups is 1. The number of thioether (sulfide) groups is 1. The molecule has 168 valence electrons. The third-order valence-electron chi connectivity index (χ3n) is 5.49. The zero-order valence-electron chi connectivity index (χ0n) is 17.6. The van der Waals surface area contributed by atoms with Gasteiger partial charge >= 0.3 is 0 Å². The van der Waals surface area contributed by atoms with Gasteiger partial charge < -0.3 is 15.1 Å². The van der Waals surface area contributed by atoms with Crippen molar-refractivity contribution >= 4 is 43.9 Å². The molecule has 1 aliphatic rings. The van der Waals surface area contributed by atoms with E-state index in [4.69, 9.17) is 0 Å². The molecule has 0 saturated carbocycles. The quantitative estimate of drug-likeness (QED) is 0.240. The molecule has 0 amide bonds. The van der Waals surface area contributed by atoms with E-state index in [0.717, 1.165) is 31.6 Å². The standard InChI is InChI=1S/C24H26N2O4S2/c1-17(27)16-31-23-15-22(20-7-3-4-8-21(20)24(23)28)25-32(29,30)19-11-9-18(10-12-19)26-13-5-2-6-14-26/h3-4,7-12,15,25,27-28H,1-2,5-6,13-14,16H2. The average Bonchev–Trinajstić information content (AvgIpc) is 2.80. The van der Waals surface area contributed by atoms with Crippen LogP contribution in [-0.2, 0) is 10.0 Å². The van der Waals surface area contributed by atoms with E-state index in [0.29, 0.717) is 21.4 Å². The van der Waals surface area contributed by atoms with Gasteiger partial charge in [-0.15, -0.1) is 11.8 Å². The average molecular weight is 471 g/mol. The summed E-state index contributed by atoms with van der Waals surface area (Å²) in [7, 11) is -3.84. The summed E-state index contributed by atoms with van der Waals surface area (Å²) in [6.45, 7) is 5.44. The number of aliphatic hydroxyl groups excluding tert-OH is 1. The molecule has 3 aromatic rings. The van der Waals surface area contributed by atoms with Crippen LogP contribution in [0.3, 0.4) is 0 Å². The highest BCUT2D eigenvalue weighted by Gasteiger charge is 2.19. The SMILES string of the molecule is C=C(O)CSc1cc(NS(=O)(=O)c2ccc(N3CCCCC3)cc2)c2ccccc2c1O. The third kappa shape index (κ3) is 4.81. The Morgan fingerprint density at radius 2 is 1.69 bits per heavy atom. The van der Waals surface area contributed by atoms with Crippen LogP contribution in [0.5, 0.6) is 5.75 Å². The lowest BCUT2D eigenvalue weighted by atomic mass is 10.1. The molecule has 0 bridgehead atoms. The zero-order chi connectivity index (χ0) is 22.7. The fraction of sp³-hybridized carbons (Fsp3) is 0.250. The molecule has 0 spiro atoms. The Kier molecular flexibility index (Phi) is 6.53. The maximum absolute atomic E-state index is 13.1. The number of hydrogen-bond donors (Lipinski definition) is 3. The number of anilines is 2. The zero-order valence-corrected chi connectivity index (χ0v) is 19.3. The minimum Gasteiger partial charge on any atom is -0.512 e. The molecule has 32 heavy (non-hydrogen) atoms. The number of benzene rings is 3. The van der Waals surface area contributed by atoms with Crippen LogP contribution in [0.15, 0.2) is 76.7 Å². The van der Waals surface area contributed by atoms with Crippen molar-refractivity contribution in [2.45, 2.75) is 29.1 Å². The highest BCUT2D eigenvalue weighted by Crippen LogP contribution is 2.40. The Morgan fingerprint density at radius 1 is 1.03 bits per heavy atom. The molecule has 0 aromatic heterocycles. The van der Waals surface area contributed by atoms with E-state index >= 15 is 0 Å². The van der Waals surface area contributed by atoms with Crippen LogP contribution >= 0.6 is 11.8 Å². The lowest BCUT2D eigenvalue weighted by molar-refractivity contribution is 0.420. The second kappa shape index (κ2) is 9.34. The van der Waals surface area contributed by atoms with Gasteiger partial charge in [-0.05, 0) is 49.6 Å².